The molecule has 0 aliphatic heterocycles. The predicted molar refractivity (Wildman–Crippen MR) is 73.1 cm³/mol. The van der Waals surface area contributed by atoms with Gasteiger partial charge in [-0.3, -0.25) is 0 Å². The normalized spacial score (nSPS) is 11.8. The second-order valence-corrected chi connectivity index (χ2v) is 5.06. The van der Waals surface area contributed by atoms with E-state index in [9.17, 15) is 18.0 Å². The van der Waals surface area contributed by atoms with E-state index in [1.165, 1.54) is 41.7 Å². The summed E-state index contributed by atoms with van der Waals surface area (Å²) >= 11 is 1.33. The average molecular weight is 314 g/mol. The van der Waals surface area contributed by atoms with E-state index in [1.807, 2.05) is 0 Å². The minimum atomic E-state index is -4.71. The number of carboxylic acid groups (broad SMARTS) is 1. The molecule has 21 heavy (non-hydrogen) atoms. The van der Waals surface area contributed by atoms with Gasteiger partial charge < -0.3 is 9.84 Å². The predicted octanol–water partition coefficient (Wildman–Crippen LogP) is 4.41. The van der Waals surface area contributed by atoms with Crippen LogP contribution < -0.4 is 4.74 Å². The molecule has 1 N–H and O–H groups in total. The Balaban J connectivity index is 2.14. The molecule has 0 unspecified atom stereocenters. The first kappa shape index (κ1) is 15.1. The molecule has 2 rings (SSSR count). The first-order chi connectivity index (χ1) is 9.83. The third-order valence-corrected chi connectivity index (χ3v) is 3.49. The minimum Gasteiger partial charge on any atom is -0.478 e. The molecule has 0 radical (unpaired) electrons. The third-order valence-electron chi connectivity index (χ3n) is 2.39. The van der Waals surface area contributed by atoms with Gasteiger partial charge in [0, 0.05) is 15.8 Å². The SMILES string of the molecule is O=C(O)C=Cc1ccc(-c2ccc(OC(F)(F)F)cc2)s1. The molecular weight excluding hydrogens is 305 g/mol. The molecular formula is C14H9F3O3S. The highest BCUT2D eigenvalue weighted by atomic mass is 32.1. The lowest BCUT2D eigenvalue weighted by atomic mass is 10.2. The molecule has 0 spiro atoms. The molecule has 0 atom stereocenters. The summed E-state index contributed by atoms with van der Waals surface area (Å²) in [7, 11) is 0. The number of halogens is 3. The maximum Gasteiger partial charge on any atom is 0.573 e. The summed E-state index contributed by atoms with van der Waals surface area (Å²) in [6.07, 6.45) is -2.23. The van der Waals surface area contributed by atoms with Gasteiger partial charge in [-0.2, -0.15) is 0 Å². The van der Waals surface area contributed by atoms with Crippen LogP contribution >= 0.6 is 11.3 Å². The number of benzene rings is 1. The fraction of sp³-hybridized carbons (Fsp3) is 0.0714. The summed E-state index contributed by atoms with van der Waals surface area (Å²) in [5.41, 5.74) is 0.726. The molecule has 1 aromatic carbocycles. The Morgan fingerprint density at radius 1 is 1.14 bits per heavy atom. The Labute approximate surface area is 121 Å². The van der Waals surface area contributed by atoms with Gasteiger partial charge in [0.25, 0.3) is 0 Å². The lowest BCUT2D eigenvalue weighted by Crippen LogP contribution is -2.16. The van der Waals surface area contributed by atoms with E-state index in [0.29, 0.717) is 0 Å². The number of carbonyl (C=O) groups is 1. The molecule has 0 aliphatic rings. The number of alkyl halides is 3. The van der Waals surface area contributed by atoms with Crippen molar-refractivity contribution < 1.29 is 27.8 Å². The fourth-order valence-corrected chi connectivity index (χ4v) is 2.49. The first-order valence-electron chi connectivity index (χ1n) is 5.70. The Morgan fingerprint density at radius 3 is 2.38 bits per heavy atom. The molecule has 7 heteroatoms. The van der Waals surface area contributed by atoms with Crippen LogP contribution in [0.4, 0.5) is 13.2 Å². The number of thiophene rings is 1. The number of ether oxygens (including phenoxy) is 1. The second kappa shape index (κ2) is 6.01. The summed E-state index contributed by atoms with van der Waals surface area (Å²) in [6.45, 7) is 0. The molecule has 110 valence electrons. The maximum absolute atomic E-state index is 12.0. The highest BCUT2D eigenvalue weighted by Gasteiger charge is 2.30. The molecule has 0 saturated carbocycles. The number of carboxylic acids is 1. The number of rotatable bonds is 4. The smallest absolute Gasteiger partial charge is 0.478 e. The zero-order valence-electron chi connectivity index (χ0n) is 10.4. The Morgan fingerprint density at radius 2 is 1.81 bits per heavy atom. The molecule has 0 amide bonds. The van der Waals surface area contributed by atoms with Gasteiger partial charge in [-0.15, -0.1) is 24.5 Å². The van der Waals surface area contributed by atoms with Crippen molar-refractivity contribution in [3.05, 3.63) is 47.4 Å². The van der Waals surface area contributed by atoms with Gasteiger partial charge in [-0.1, -0.05) is 0 Å². The molecule has 0 bridgehead atoms. The summed E-state index contributed by atoms with van der Waals surface area (Å²) in [6, 6.07) is 8.99. The largest absolute Gasteiger partial charge is 0.573 e. The van der Waals surface area contributed by atoms with Crippen molar-refractivity contribution in [3.8, 4) is 16.2 Å². The van der Waals surface area contributed by atoms with Crippen LogP contribution in [0.2, 0.25) is 0 Å². The number of hydrogen-bond donors (Lipinski definition) is 1. The highest BCUT2D eigenvalue weighted by molar-refractivity contribution is 7.16. The highest BCUT2D eigenvalue weighted by Crippen LogP contribution is 2.31. The van der Waals surface area contributed by atoms with Crippen molar-refractivity contribution in [2.24, 2.45) is 0 Å². The number of aliphatic carboxylic acids is 1. The Bertz CT molecular complexity index is 657. The van der Waals surface area contributed by atoms with E-state index in [2.05, 4.69) is 4.74 Å². The standard InChI is InChI=1S/C14H9F3O3S/c15-14(16,17)20-10-3-1-9(2-4-10)12-7-5-11(21-12)6-8-13(18)19/h1-8H,(H,18,19). The molecule has 1 aromatic heterocycles. The van der Waals surface area contributed by atoms with Crippen LogP contribution in [0.15, 0.2) is 42.5 Å². The van der Waals surface area contributed by atoms with Crippen LogP contribution in [-0.2, 0) is 4.79 Å². The van der Waals surface area contributed by atoms with Gasteiger partial charge in [-0.25, -0.2) is 4.79 Å². The van der Waals surface area contributed by atoms with Crippen molar-refractivity contribution in [3.63, 3.8) is 0 Å². The van der Waals surface area contributed by atoms with Crippen LogP contribution in [0, 0.1) is 0 Å². The molecule has 3 nitrogen and oxygen atoms in total. The van der Waals surface area contributed by atoms with Crippen molar-refractivity contribution in [2.75, 3.05) is 0 Å². The van der Waals surface area contributed by atoms with Gasteiger partial charge in [0.1, 0.15) is 5.75 Å². The summed E-state index contributed by atoms with van der Waals surface area (Å²) in [5, 5.41) is 8.53. The average Bonchev–Trinajstić information content (AvgIpc) is 2.84. The Hall–Kier alpha value is -2.28. The van der Waals surface area contributed by atoms with Crippen LogP contribution in [0.1, 0.15) is 4.88 Å². The van der Waals surface area contributed by atoms with E-state index in [0.717, 1.165) is 21.4 Å². The van der Waals surface area contributed by atoms with Crippen molar-refractivity contribution in [1.82, 2.24) is 0 Å². The van der Waals surface area contributed by atoms with Crippen LogP contribution in [0.25, 0.3) is 16.5 Å². The van der Waals surface area contributed by atoms with Gasteiger partial charge in [0.2, 0.25) is 0 Å². The molecule has 1 heterocycles. The van der Waals surface area contributed by atoms with Gasteiger partial charge >= 0.3 is 12.3 Å². The quantitative estimate of drug-likeness (QED) is 0.850. The molecule has 0 aliphatic carbocycles. The fourth-order valence-electron chi connectivity index (χ4n) is 1.57. The second-order valence-electron chi connectivity index (χ2n) is 3.95. The van der Waals surface area contributed by atoms with Gasteiger partial charge in [0.15, 0.2) is 0 Å². The van der Waals surface area contributed by atoms with Crippen LogP contribution in [0.5, 0.6) is 5.75 Å². The maximum atomic E-state index is 12.0. The minimum absolute atomic E-state index is 0.284. The Kier molecular flexibility index (Phi) is 4.32. The van der Waals surface area contributed by atoms with E-state index in [4.69, 9.17) is 5.11 Å². The van der Waals surface area contributed by atoms with Crippen molar-refractivity contribution >= 4 is 23.4 Å². The number of hydrogen-bond acceptors (Lipinski definition) is 3. The lowest BCUT2D eigenvalue weighted by molar-refractivity contribution is -0.274. The van der Waals surface area contributed by atoms with E-state index in [-0.39, 0.29) is 5.75 Å². The van der Waals surface area contributed by atoms with Crippen molar-refractivity contribution in [1.29, 1.82) is 0 Å². The van der Waals surface area contributed by atoms with Crippen LogP contribution in [-0.4, -0.2) is 17.4 Å². The van der Waals surface area contributed by atoms with Gasteiger partial charge in [-0.05, 0) is 48.0 Å². The molecule has 2 aromatic rings. The molecule has 0 fully saturated rings. The topological polar surface area (TPSA) is 46.5 Å². The lowest BCUT2D eigenvalue weighted by Gasteiger charge is -2.08. The zero-order valence-corrected chi connectivity index (χ0v) is 11.2. The van der Waals surface area contributed by atoms with E-state index in [1.54, 1.807) is 12.1 Å². The monoisotopic (exact) mass is 314 g/mol. The van der Waals surface area contributed by atoms with Gasteiger partial charge in [0.05, 0.1) is 0 Å². The first-order valence-corrected chi connectivity index (χ1v) is 6.52. The molecule has 0 saturated heterocycles. The van der Waals surface area contributed by atoms with Crippen molar-refractivity contribution in [2.45, 2.75) is 6.36 Å². The third kappa shape index (κ3) is 4.64. The summed E-state index contributed by atoms with van der Waals surface area (Å²) in [5.74, 6) is -1.33. The van der Waals surface area contributed by atoms with Crippen LogP contribution in [0.3, 0.4) is 0 Å². The summed E-state index contributed by atoms with van der Waals surface area (Å²) in [4.78, 5) is 12.0. The van der Waals surface area contributed by atoms with E-state index >= 15 is 0 Å². The summed E-state index contributed by atoms with van der Waals surface area (Å²) < 4.78 is 39.9. The van der Waals surface area contributed by atoms with E-state index < -0.39 is 12.3 Å². The zero-order chi connectivity index (χ0) is 15.5.